The summed E-state index contributed by atoms with van der Waals surface area (Å²) >= 11 is 0. The largest absolute Gasteiger partial charge is 0.372 e. The van der Waals surface area contributed by atoms with E-state index in [1.807, 2.05) is 12.4 Å². The maximum atomic E-state index is 4.53. The second-order valence-electron chi connectivity index (χ2n) is 5.07. The Morgan fingerprint density at radius 3 is 2.95 bits per heavy atom. The molecule has 1 aromatic carbocycles. The predicted octanol–water partition coefficient (Wildman–Crippen LogP) is 3.00. The number of fused-ring (bicyclic) bond motifs is 3. The Bertz CT molecular complexity index is 871. The molecule has 1 aliphatic rings. The summed E-state index contributed by atoms with van der Waals surface area (Å²) in [5, 5.41) is 5.59. The summed E-state index contributed by atoms with van der Waals surface area (Å²) in [5.41, 5.74) is 5.56. The maximum Gasteiger partial charge on any atom is 0.0936 e. The zero-order valence-electron chi connectivity index (χ0n) is 11.1. The zero-order valence-corrected chi connectivity index (χ0v) is 11.1. The summed E-state index contributed by atoms with van der Waals surface area (Å²) in [6.07, 6.45) is 5.44. The van der Waals surface area contributed by atoms with Crippen LogP contribution in [0.1, 0.15) is 11.3 Å². The van der Waals surface area contributed by atoms with Crippen LogP contribution in [0.15, 0.2) is 41.7 Å². The van der Waals surface area contributed by atoms with Crippen molar-refractivity contribution in [2.24, 2.45) is 4.99 Å². The Morgan fingerprint density at radius 2 is 2.10 bits per heavy atom. The van der Waals surface area contributed by atoms with Crippen LogP contribution in [-0.2, 0) is 0 Å². The van der Waals surface area contributed by atoms with E-state index < -0.39 is 0 Å². The van der Waals surface area contributed by atoms with Crippen molar-refractivity contribution in [3.63, 3.8) is 0 Å². The number of H-pyrrole nitrogens is 1. The fourth-order valence-electron chi connectivity index (χ4n) is 2.71. The summed E-state index contributed by atoms with van der Waals surface area (Å²) in [6.45, 7) is 2.87. The average molecular weight is 262 g/mol. The number of pyridine rings is 1. The van der Waals surface area contributed by atoms with Gasteiger partial charge in [0.1, 0.15) is 0 Å². The Morgan fingerprint density at radius 1 is 1.15 bits per heavy atom. The number of aliphatic imine (C=N–C) groups is 1. The number of nitrogens with one attached hydrogen (secondary N) is 2. The number of aryl methyl sites for hydroxylation is 1. The highest BCUT2D eigenvalue weighted by Crippen LogP contribution is 2.30. The van der Waals surface area contributed by atoms with E-state index in [2.05, 4.69) is 51.5 Å². The molecule has 4 rings (SSSR count). The molecule has 0 saturated heterocycles. The van der Waals surface area contributed by atoms with Crippen LogP contribution in [0, 0.1) is 6.92 Å². The summed E-state index contributed by atoms with van der Waals surface area (Å²) in [4.78, 5) is 12.2. The zero-order chi connectivity index (χ0) is 13.5. The lowest BCUT2D eigenvalue weighted by atomic mass is 10.1. The SMILES string of the molecule is Cc1ccc2[nH]c3c(C4=CN=CNC4)nccc3c2c1. The van der Waals surface area contributed by atoms with E-state index in [4.69, 9.17) is 0 Å². The summed E-state index contributed by atoms with van der Waals surface area (Å²) in [6, 6.07) is 8.53. The molecule has 0 saturated carbocycles. The van der Waals surface area contributed by atoms with Gasteiger partial charge in [-0.05, 0) is 25.1 Å². The lowest BCUT2D eigenvalue weighted by molar-refractivity contribution is 1.04. The molecular formula is C16H14N4. The minimum Gasteiger partial charge on any atom is -0.372 e. The van der Waals surface area contributed by atoms with Crippen molar-refractivity contribution in [1.82, 2.24) is 15.3 Å². The number of hydrogen-bond donors (Lipinski definition) is 2. The first kappa shape index (κ1) is 11.2. The number of rotatable bonds is 1. The Balaban J connectivity index is 2.05. The molecular weight excluding hydrogens is 248 g/mol. The van der Waals surface area contributed by atoms with Gasteiger partial charge in [0.15, 0.2) is 0 Å². The molecule has 0 spiro atoms. The summed E-state index contributed by atoms with van der Waals surface area (Å²) < 4.78 is 0. The number of benzene rings is 1. The van der Waals surface area contributed by atoms with Crippen LogP contribution < -0.4 is 5.32 Å². The summed E-state index contributed by atoms with van der Waals surface area (Å²) in [5.74, 6) is 0. The topological polar surface area (TPSA) is 53.1 Å². The van der Waals surface area contributed by atoms with Crippen LogP contribution in [0.25, 0.3) is 27.4 Å². The lowest BCUT2D eigenvalue weighted by Gasteiger charge is -2.10. The van der Waals surface area contributed by atoms with Crippen molar-refractivity contribution in [2.75, 3.05) is 6.54 Å². The highest BCUT2D eigenvalue weighted by molar-refractivity contribution is 6.10. The van der Waals surface area contributed by atoms with Gasteiger partial charge < -0.3 is 10.3 Å². The second kappa shape index (κ2) is 4.20. The van der Waals surface area contributed by atoms with E-state index in [-0.39, 0.29) is 0 Å². The van der Waals surface area contributed by atoms with Gasteiger partial charge in [0.2, 0.25) is 0 Å². The third-order valence-corrected chi connectivity index (χ3v) is 3.67. The Hall–Kier alpha value is -2.62. The molecule has 3 aromatic rings. The van der Waals surface area contributed by atoms with Gasteiger partial charge in [-0.1, -0.05) is 11.6 Å². The van der Waals surface area contributed by atoms with Crippen LogP contribution in [-0.4, -0.2) is 22.9 Å². The minimum absolute atomic E-state index is 0.754. The average Bonchev–Trinajstić information content (AvgIpc) is 2.86. The number of nitrogens with zero attached hydrogens (tertiary/aromatic N) is 2. The van der Waals surface area contributed by atoms with Gasteiger partial charge in [-0.2, -0.15) is 0 Å². The molecule has 2 N–H and O–H groups in total. The molecule has 1 aliphatic heterocycles. The molecule has 3 heterocycles. The van der Waals surface area contributed by atoms with Crippen LogP contribution >= 0.6 is 0 Å². The molecule has 0 radical (unpaired) electrons. The predicted molar refractivity (Wildman–Crippen MR) is 82.8 cm³/mol. The third kappa shape index (κ3) is 1.61. The van der Waals surface area contributed by atoms with Crippen molar-refractivity contribution in [2.45, 2.75) is 6.92 Å². The van der Waals surface area contributed by atoms with Gasteiger partial charge in [-0.3, -0.25) is 4.98 Å². The Kier molecular flexibility index (Phi) is 2.36. The molecule has 0 unspecified atom stereocenters. The smallest absolute Gasteiger partial charge is 0.0936 e. The first-order valence-corrected chi connectivity index (χ1v) is 6.64. The van der Waals surface area contributed by atoms with E-state index >= 15 is 0 Å². The Labute approximate surface area is 116 Å². The third-order valence-electron chi connectivity index (χ3n) is 3.67. The van der Waals surface area contributed by atoms with E-state index in [0.717, 1.165) is 28.8 Å². The van der Waals surface area contributed by atoms with E-state index in [9.17, 15) is 0 Å². The van der Waals surface area contributed by atoms with Crippen LogP contribution in [0.3, 0.4) is 0 Å². The van der Waals surface area contributed by atoms with E-state index in [1.54, 1.807) is 6.34 Å². The van der Waals surface area contributed by atoms with Crippen molar-refractivity contribution in [1.29, 1.82) is 0 Å². The van der Waals surface area contributed by atoms with Crippen LogP contribution in [0.2, 0.25) is 0 Å². The van der Waals surface area contributed by atoms with Gasteiger partial charge in [0.25, 0.3) is 0 Å². The molecule has 0 bridgehead atoms. The summed E-state index contributed by atoms with van der Waals surface area (Å²) in [7, 11) is 0. The highest BCUT2D eigenvalue weighted by atomic mass is 15.0. The molecule has 2 aromatic heterocycles. The molecule has 0 aliphatic carbocycles. The van der Waals surface area contributed by atoms with E-state index in [0.29, 0.717) is 0 Å². The van der Waals surface area contributed by atoms with Gasteiger partial charge >= 0.3 is 0 Å². The van der Waals surface area contributed by atoms with Crippen LogP contribution in [0.4, 0.5) is 0 Å². The van der Waals surface area contributed by atoms with Crippen molar-refractivity contribution >= 4 is 33.7 Å². The normalized spacial score (nSPS) is 14.6. The number of hydrogen-bond acceptors (Lipinski definition) is 3. The maximum absolute atomic E-state index is 4.53. The van der Waals surface area contributed by atoms with Crippen molar-refractivity contribution in [3.8, 4) is 0 Å². The minimum atomic E-state index is 0.754. The monoisotopic (exact) mass is 262 g/mol. The molecule has 0 atom stereocenters. The number of aromatic nitrogens is 2. The first-order valence-electron chi connectivity index (χ1n) is 6.64. The molecule has 0 fully saturated rings. The number of aromatic amines is 1. The fraction of sp³-hybridized carbons (Fsp3) is 0.125. The van der Waals surface area contributed by atoms with Gasteiger partial charge in [-0.15, -0.1) is 0 Å². The van der Waals surface area contributed by atoms with Gasteiger partial charge in [-0.25, -0.2) is 4.99 Å². The first-order chi connectivity index (χ1) is 9.83. The molecule has 4 nitrogen and oxygen atoms in total. The van der Waals surface area contributed by atoms with Crippen molar-refractivity contribution in [3.05, 3.63) is 47.9 Å². The van der Waals surface area contributed by atoms with E-state index in [1.165, 1.54) is 16.3 Å². The van der Waals surface area contributed by atoms with Gasteiger partial charge in [0.05, 0.1) is 17.5 Å². The molecule has 0 amide bonds. The molecule has 20 heavy (non-hydrogen) atoms. The second-order valence-corrected chi connectivity index (χ2v) is 5.07. The lowest BCUT2D eigenvalue weighted by Crippen LogP contribution is -2.17. The van der Waals surface area contributed by atoms with Crippen LogP contribution in [0.5, 0.6) is 0 Å². The van der Waals surface area contributed by atoms with Gasteiger partial charge in [0, 0.05) is 40.8 Å². The molecule has 4 heteroatoms. The highest BCUT2D eigenvalue weighted by Gasteiger charge is 2.13. The quantitative estimate of drug-likeness (QED) is 0.708. The standard InChI is InChI=1S/C16H14N4/c1-10-2-3-14-13(6-10)12-4-5-19-15(16(12)20-14)11-7-17-9-18-8-11/h2-7,9,20H,8H2,1H3,(H,17,18). The van der Waals surface area contributed by atoms with Crippen molar-refractivity contribution < 1.29 is 0 Å². The molecule has 98 valence electrons. The fourth-order valence-corrected chi connectivity index (χ4v) is 2.71.